The lowest BCUT2D eigenvalue weighted by Crippen LogP contribution is -2.45. The van der Waals surface area contributed by atoms with E-state index in [1.54, 1.807) is 24.3 Å². The van der Waals surface area contributed by atoms with Gasteiger partial charge in [0.15, 0.2) is 0 Å². The molecule has 2 rings (SSSR count). The largest absolute Gasteiger partial charge is 0.352 e. The number of amides is 1. The van der Waals surface area contributed by atoms with Gasteiger partial charge in [0.2, 0.25) is 5.91 Å². The number of nitrogens with zero attached hydrogens (tertiary/aromatic N) is 1. The molecule has 0 bridgehead atoms. The lowest BCUT2D eigenvalue weighted by atomic mass is 10.1. The number of carbonyl (C=O) groups is 1. The molecule has 0 saturated carbocycles. The summed E-state index contributed by atoms with van der Waals surface area (Å²) in [6.45, 7) is 7.34. The van der Waals surface area contributed by atoms with E-state index in [2.05, 4.69) is 5.32 Å². The quantitative estimate of drug-likeness (QED) is 0.784. The molecule has 0 aromatic heterocycles. The summed E-state index contributed by atoms with van der Waals surface area (Å²) >= 11 is 0. The first-order chi connectivity index (χ1) is 12.6. The number of benzene rings is 2. The van der Waals surface area contributed by atoms with Crippen LogP contribution in [0.5, 0.6) is 0 Å². The molecule has 146 valence electrons. The average molecular weight is 392 g/mol. The highest BCUT2D eigenvalue weighted by molar-refractivity contribution is 7.92. The summed E-state index contributed by atoms with van der Waals surface area (Å²) in [5, 5.41) is 2.82. The molecule has 0 aliphatic heterocycles. The highest BCUT2D eigenvalue weighted by atomic mass is 32.2. The number of rotatable bonds is 7. The standard InChI is InChI=1S/C20H25FN2O3S/c1-14(2)16(4)22-20(24)13-23(18-9-5-15(3)6-10-18)27(25,26)19-11-7-17(21)8-12-19/h5-12,14,16H,13H2,1-4H3,(H,22,24)/t16-/m0/s1. The van der Waals surface area contributed by atoms with Crippen molar-refractivity contribution in [1.29, 1.82) is 0 Å². The van der Waals surface area contributed by atoms with Gasteiger partial charge in [0, 0.05) is 6.04 Å². The van der Waals surface area contributed by atoms with Crippen LogP contribution < -0.4 is 9.62 Å². The van der Waals surface area contributed by atoms with Gasteiger partial charge in [-0.15, -0.1) is 0 Å². The molecule has 7 heteroatoms. The van der Waals surface area contributed by atoms with E-state index in [4.69, 9.17) is 0 Å². The fourth-order valence-electron chi connectivity index (χ4n) is 2.36. The Balaban J connectivity index is 2.39. The number of halogens is 1. The molecule has 0 spiro atoms. The zero-order valence-corrected chi connectivity index (χ0v) is 16.8. The smallest absolute Gasteiger partial charge is 0.264 e. The second-order valence-corrected chi connectivity index (χ2v) is 8.76. The Morgan fingerprint density at radius 2 is 1.59 bits per heavy atom. The minimum absolute atomic E-state index is 0.0748. The second-order valence-electron chi connectivity index (χ2n) is 6.90. The molecule has 0 saturated heterocycles. The Kier molecular flexibility index (Phi) is 6.59. The van der Waals surface area contributed by atoms with Gasteiger partial charge in [-0.05, 0) is 56.2 Å². The van der Waals surface area contributed by atoms with Crippen molar-refractivity contribution in [2.24, 2.45) is 5.92 Å². The molecular weight excluding hydrogens is 367 g/mol. The summed E-state index contributed by atoms with van der Waals surface area (Å²) in [6.07, 6.45) is 0. The third kappa shape index (κ3) is 5.29. The summed E-state index contributed by atoms with van der Waals surface area (Å²) < 4.78 is 40.5. The third-order valence-corrected chi connectivity index (χ3v) is 6.19. The normalized spacial score (nSPS) is 12.7. The fraction of sp³-hybridized carbons (Fsp3) is 0.350. The van der Waals surface area contributed by atoms with Crippen LogP contribution >= 0.6 is 0 Å². The van der Waals surface area contributed by atoms with Crippen LogP contribution in [-0.2, 0) is 14.8 Å². The first kappa shape index (κ1) is 20.9. The van der Waals surface area contributed by atoms with E-state index in [0.717, 1.165) is 22.0 Å². The van der Waals surface area contributed by atoms with Gasteiger partial charge in [0.25, 0.3) is 10.0 Å². The summed E-state index contributed by atoms with van der Waals surface area (Å²) in [7, 11) is -4.03. The predicted molar refractivity (Wildman–Crippen MR) is 105 cm³/mol. The number of anilines is 1. The molecule has 0 heterocycles. The summed E-state index contributed by atoms with van der Waals surface area (Å²) in [5.74, 6) is -0.711. The summed E-state index contributed by atoms with van der Waals surface area (Å²) in [6, 6.07) is 11.3. The lowest BCUT2D eigenvalue weighted by molar-refractivity contribution is -0.120. The van der Waals surface area contributed by atoms with Gasteiger partial charge in [-0.3, -0.25) is 9.10 Å². The lowest BCUT2D eigenvalue weighted by Gasteiger charge is -2.26. The van der Waals surface area contributed by atoms with Crippen molar-refractivity contribution in [1.82, 2.24) is 5.32 Å². The Morgan fingerprint density at radius 1 is 1.04 bits per heavy atom. The molecule has 2 aromatic rings. The van der Waals surface area contributed by atoms with Crippen LogP contribution in [0.15, 0.2) is 53.4 Å². The molecule has 1 amide bonds. The monoisotopic (exact) mass is 392 g/mol. The van der Waals surface area contributed by atoms with Crippen molar-refractivity contribution >= 4 is 21.6 Å². The van der Waals surface area contributed by atoms with E-state index >= 15 is 0 Å². The minimum Gasteiger partial charge on any atom is -0.352 e. The van der Waals surface area contributed by atoms with Crippen molar-refractivity contribution in [2.45, 2.75) is 38.6 Å². The average Bonchev–Trinajstić information content (AvgIpc) is 2.60. The Hall–Kier alpha value is -2.41. The maximum atomic E-state index is 13.2. The van der Waals surface area contributed by atoms with Crippen molar-refractivity contribution in [3.8, 4) is 0 Å². The molecule has 1 atom stereocenters. The third-order valence-electron chi connectivity index (χ3n) is 4.40. The first-order valence-electron chi connectivity index (χ1n) is 8.75. The predicted octanol–water partition coefficient (Wildman–Crippen LogP) is 3.49. The van der Waals surface area contributed by atoms with E-state index in [9.17, 15) is 17.6 Å². The molecule has 0 radical (unpaired) electrons. The van der Waals surface area contributed by atoms with Gasteiger partial charge in [0.05, 0.1) is 10.6 Å². The first-order valence-corrected chi connectivity index (χ1v) is 10.2. The van der Waals surface area contributed by atoms with Crippen molar-refractivity contribution in [2.75, 3.05) is 10.8 Å². The molecule has 0 aliphatic rings. The van der Waals surface area contributed by atoms with Crippen LogP contribution in [0.1, 0.15) is 26.3 Å². The molecular formula is C20H25FN2O3S. The second kappa shape index (κ2) is 8.52. The van der Waals surface area contributed by atoms with Gasteiger partial charge < -0.3 is 5.32 Å². The van der Waals surface area contributed by atoms with E-state index in [-0.39, 0.29) is 23.4 Å². The van der Waals surface area contributed by atoms with Crippen LogP contribution in [0.4, 0.5) is 10.1 Å². The molecule has 0 unspecified atom stereocenters. The van der Waals surface area contributed by atoms with Gasteiger partial charge in [-0.2, -0.15) is 0 Å². The zero-order valence-electron chi connectivity index (χ0n) is 15.9. The molecule has 0 fully saturated rings. The van der Waals surface area contributed by atoms with Crippen molar-refractivity contribution < 1.29 is 17.6 Å². The summed E-state index contributed by atoms with van der Waals surface area (Å²) in [4.78, 5) is 12.4. The molecule has 27 heavy (non-hydrogen) atoms. The van der Waals surface area contributed by atoms with Crippen molar-refractivity contribution in [3.05, 3.63) is 59.9 Å². The Morgan fingerprint density at radius 3 is 2.11 bits per heavy atom. The van der Waals surface area contributed by atoms with Gasteiger partial charge in [-0.1, -0.05) is 31.5 Å². The summed E-state index contributed by atoms with van der Waals surface area (Å²) in [5.41, 5.74) is 1.34. The van der Waals surface area contributed by atoms with E-state index in [1.165, 1.54) is 12.1 Å². The topological polar surface area (TPSA) is 66.5 Å². The maximum absolute atomic E-state index is 13.2. The number of hydrogen-bond acceptors (Lipinski definition) is 3. The number of carbonyl (C=O) groups excluding carboxylic acids is 1. The van der Waals surface area contributed by atoms with Crippen LogP contribution in [0.2, 0.25) is 0 Å². The van der Waals surface area contributed by atoms with Crippen molar-refractivity contribution in [3.63, 3.8) is 0 Å². The van der Waals surface area contributed by atoms with E-state index < -0.39 is 21.7 Å². The highest BCUT2D eigenvalue weighted by Crippen LogP contribution is 2.24. The zero-order chi connectivity index (χ0) is 20.2. The number of nitrogens with one attached hydrogen (secondary N) is 1. The molecule has 5 nitrogen and oxygen atoms in total. The molecule has 1 N–H and O–H groups in total. The van der Waals surface area contributed by atoms with Crippen LogP contribution in [-0.4, -0.2) is 26.9 Å². The van der Waals surface area contributed by atoms with Crippen LogP contribution in [0.25, 0.3) is 0 Å². The number of sulfonamides is 1. The number of aryl methyl sites for hydroxylation is 1. The Bertz CT molecular complexity index is 878. The van der Waals surface area contributed by atoms with Gasteiger partial charge in [0.1, 0.15) is 12.4 Å². The number of hydrogen-bond donors (Lipinski definition) is 1. The molecule has 2 aromatic carbocycles. The highest BCUT2D eigenvalue weighted by Gasteiger charge is 2.27. The SMILES string of the molecule is Cc1ccc(N(CC(=O)N[C@@H](C)C(C)C)S(=O)(=O)c2ccc(F)cc2)cc1. The van der Waals surface area contributed by atoms with E-state index in [1.807, 2.05) is 27.7 Å². The minimum atomic E-state index is -4.03. The van der Waals surface area contributed by atoms with Gasteiger partial charge in [-0.25, -0.2) is 12.8 Å². The van der Waals surface area contributed by atoms with E-state index in [0.29, 0.717) is 5.69 Å². The van der Waals surface area contributed by atoms with Gasteiger partial charge >= 0.3 is 0 Å². The fourth-order valence-corrected chi connectivity index (χ4v) is 3.78. The van der Waals surface area contributed by atoms with Crippen LogP contribution in [0, 0.1) is 18.7 Å². The maximum Gasteiger partial charge on any atom is 0.264 e. The molecule has 0 aliphatic carbocycles. The van der Waals surface area contributed by atoms with Crippen LogP contribution in [0.3, 0.4) is 0 Å². The Labute approximate surface area is 160 Å².